The first-order valence-corrected chi connectivity index (χ1v) is 23.7. The highest BCUT2D eigenvalue weighted by molar-refractivity contribution is 7.19. The van der Waals surface area contributed by atoms with Gasteiger partial charge in [0, 0.05) is 68.2 Å². The van der Waals surface area contributed by atoms with Crippen molar-refractivity contribution in [2.45, 2.75) is 141 Å². The molecule has 9 nitrogen and oxygen atoms in total. The summed E-state index contributed by atoms with van der Waals surface area (Å²) in [5.74, 6) is 1.07. The van der Waals surface area contributed by atoms with Gasteiger partial charge in [0.1, 0.15) is 5.78 Å². The highest BCUT2D eigenvalue weighted by Crippen LogP contribution is 2.38. The second-order valence-corrected chi connectivity index (χ2v) is 22.4. The van der Waals surface area contributed by atoms with Crippen molar-refractivity contribution < 1.29 is 4.79 Å². The second kappa shape index (κ2) is 17.1. The zero-order valence-corrected chi connectivity index (χ0v) is 39.5. The van der Waals surface area contributed by atoms with Crippen LogP contribution in [-0.2, 0) is 4.79 Å². The van der Waals surface area contributed by atoms with Crippen LogP contribution in [0.1, 0.15) is 118 Å². The van der Waals surface area contributed by atoms with Crippen molar-refractivity contribution >= 4 is 40.4 Å². The molecule has 0 bridgehead atoms. The van der Waals surface area contributed by atoms with E-state index < -0.39 is 0 Å². The summed E-state index contributed by atoms with van der Waals surface area (Å²) in [5, 5.41) is 14.7. The molecule has 0 spiro atoms. The number of thiophene rings is 2. The Balaban J connectivity index is 0.876. The molecule has 4 aromatic heterocycles. The average molecular weight is 867 g/mol. The van der Waals surface area contributed by atoms with Gasteiger partial charge in [-0.1, -0.05) is 62.4 Å². The molecule has 4 N–H and O–H groups in total. The first-order valence-electron chi connectivity index (χ1n) is 22.0. The fraction of sp³-hybridized carbons (Fsp3) is 0.431. The second-order valence-electron chi connectivity index (χ2n) is 20.2. The maximum absolute atomic E-state index is 13.9. The maximum atomic E-state index is 13.9. The maximum Gasteiger partial charge on any atom is 0.223 e. The van der Waals surface area contributed by atoms with Gasteiger partial charge in [-0.3, -0.25) is 4.79 Å². The molecule has 2 aliphatic rings. The van der Waals surface area contributed by atoms with E-state index in [0.29, 0.717) is 11.9 Å². The Morgan fingerprint density at radius 1 is 0.532 bits per heavy atom. The summed E-state index contributed by atoms with van der Waals surface area (Å²) >= 11 is 3.43. The minimum absolute atomic E-state index is 0.0368. The van der Waals surface area contributed by atoms with Gasteiger partial charge in [-0.15, -0.1) is 22.7 Å². The summed E-state index contributed by atoms with van der Waals surface area (Å²) in [6.07, 6.45) is 7.68. The molecule has 0 amide bonds. The summed E-state index contributed by atoms with van der Waals surface area (Å²) in [5.41, 5.74) is 6.26. The van der Waals surface area contributed by atoms with E-state index >= 15 is 0 Å². The third-order valence-electron chi connectivity index (χ3n) is 12.3. The van der Waals surface area contributed by atoms with Crippen molar-refractivity contribution in [1.29, 1.82) is 0 Å². The molecule has 2 fully saturated rings. The Morgan fingerprint density at radius 3 is 1.23 bits per heavy atom. The van der Waals surface area contributed by atoms with E-state index in [1.807, 2.05) is 38.4 Å². The number of nitrogens with zero attached hydrogens (tertiary/aromatic N) is 4. The molecule has 6 heterocycles. The average Bonchev–Trinajstić information content (AvgIpc) is 3.90. The Kier molecular flexibility index (Phi) is 12.1. The molecule has 2 atom stereocenters. The summed E-state index contributed by atoms with van der Waals surface area (Å²) < 4.78 is 0. The van der Waals surface area contributed by atoms with Crippen LogP contribution in [0.4, 0.5) is 11.9 Å². The number of Topliss-reactive ketones (excluding diaryl/α,β-unsaturated/α-hetero) is 1. The van der Waals surface area contributed by atoms with Crippen molar-refractivity contribution in [1.82, 2.24) is 30.6 Å². The summed E-state index contributed by atoms with van der Waals surface area (Å²) in [6.45, 7) is 22.1. The molecule has 2 unspecified atom stereocenters. The van der Waals surface area contributed by atoms with Crippen LogP contribution < -0.4 is 21.3 Å². The fourth-order valence-electron chi connectivity index (χ4n) is 10.2. The van der Waals surface area contributed by atoms with Gasteiger partial charge in [-0.05, 0) is 140 Å². The molecule has 62 heavy (non-hydrogen) atoms. The van der Waals surface area contributed by atoms with Crippen molar-refractivity contribution in [2.75, 3.05) is 10.6 Å². The number of ketones is 1. The Morgan fingerprint density at radius 2 is 0.871 bits per heavy atom. The third-order valence-corrected chi connectivity index (χ3v) is 14.6. The van der Waals surface area contributed by atoms with Gasteiger partial charge in [0.05, 0.1) is 21.1 Å². The van der Waals surface area contributed by atoms with E-state index in [9.17, 15) is 4.79 Å². The number of carbonyl (C=O) groups is 1. The van der Waals surface area contributed by atoms with Gasteiger partial charge in [0.15, 0.2) is 0 Å². The largest absolute Gasteiger partial charge is 0.351 e. The van der Waals surface area contributed by atoms with Crippen molar-refractivity contribution in [2.24, 2.45) is 0 Å². The number of hydrogen-bond donors (Lipinski definition) is 4. The highest BCUT2D eigenvalue weighted by atomic mass is 32.1. The van der Waals surface area contributed by atoms with Crippen LogP contribution in [0.3, 0.4) is 0 Å². The smallest absolute Gasteiger partial charge is 0.223 e. The van der Waals surface area contributed by atoms with Crippen LogP contribution in [0, 0.1) is 0 Å². The molecule has 2 aliphatic heterocycles. The molecule has 0 aliphatic carbocycles. The number of rotatable bonds is 12. The van der Waals surface area contributed by atoms with Crippen LogP contribution in [-0.4, -0.2) is 60.0 Å². The van der Waals surface area contributed by atoms with Gasteiger partial charge in [-0.25, -0.2) is 19.9 Å². The minimum Gasteiger partial charge on any atom is -0.351 e. The molecular weight excluding hydrogens is 805 g/mol. The van der Waals surface area contributed by atoms with Gasteiger partial charge in [-0.2, -0.15) is 0 Å². The van der Waals surface area contributed by atoms with Gasteiger partial charge < -0.3 is 21.3 Å². The number of piperidine rings is 2. The lowest BCUT2D eigenvalue weighted by Gasteiger charge is -2.46. The van der Waals surface area contributed by atoms with E-state index in [1.54, 1.807) is 22.7 Å². The molecule has 0 saturated carbocycles. The number of anilines is 2. The van der Waals surface area contributed by atoms with Crippen LogP contribution in [0.5, 0.6) is 0 Å². The van der Waals surface area contributed by atoms with Crippen molar-refractivity contribution in [3.05, 3.63) is 108 Å². The van der Waals surface area contributed by atoms with Crippen molar-refractivity contribution in [3.8, 4) is 42.0 Å². The van der Waals surface area contributed by atoms with Gasteiger partial charge >= 0.3 is 0 Å². The molecule has 11 heteroatoms. The first kappa shape index (κ1) is 43.8. The van der Waals surface area contributed by atoms with Gasteiger partial charge in [0.25, 0.3) is 0 Å². The van der Waals surface area contributed by atoms with Crippen LogP contribution >= 0.6 is 22.7 Å². The standard InChI is InChI=1S/C51H62N8OS2/c1-31(33-11-15-35(16-12-33)41-19-21-43(61-41)39-23-25-52-46(56-39)54-37-27-48(3,4)58-49(5,6)28-37)45(60)32(2)34-13-17-36(18-14-34)42-20-22-44(62-42)40-24-26-53-47(57-40)55-38-29-50(7,8)59-51(9,10)30-38/h11-26,31-32,37-38,58-59H,27-30H2,1-10H3,(H,52,54,56)(H,53,55,57). The fourth-order valence-corrected chi connectivity index (χ4v) is 12.1. The monoisotopic (exact) mass is 866 g/mol. The molecule has 2 aromatic carbocycles. The number of nitrogens with one attached hydrogen (secondary N) is 4. The molecule has 0 radical (unpaired) electrons. The number of hydrogen-bond acceptors (Lipinski definition) is 11. The summed E-state index contributed by atoms with van der Waals surface area (Å²) in [4.78, 5) is 37.3. The lowest BCUT2D eigenvalue weighted by molar-refractivity contribution is -0.121. The van der Waals surface area contributed by atoms with Crippen LogP contribution in [0.25, 0.3) is 42.0 Å². The number of aromatic nitrogens is 4. The summed E-state index contributed by atoms with van der Waals surface area (Å²) in [6, 6.07) is 30.0. The Labute approximate surface area is 376 Å². The molecule has 2 saturated heterocycles. The quantitative estimate of drug-likeness (QED) is 0.0954. The highest BCUT2D eigenvalue weighted by Gasteiger charge is 2.39. The predicted octanol–water partition coefficient (Wildman–Crippen LogP) is 12.0. The topological polar surface area (TPSA) is 117 Å². The molecule has 6 aromatic rings. The predicted molar refractivity (Wildman–Crippen MR) is 259 cm³/mol. The Bertz CT molecular complexity index is 2310. The molecule has 8 rings (SSSR count). The lowest BCUT2D eigenvalue weighted by Crippen LogP contribution is -2.60. The molecular formula is C51H62N8OS2. The van der Waals surface area contributed by atoms with Crippen LogP contribution in [0.15, 0.2) is 97.3 Å². The van der Waals surface area contributed by atoms with Crippen molar-refractivity contribution in [3.63, 3.8) is 0 Å². The zero-order valence-electron chi connectivity index (χ0n) is 37.9. The molecule has 324 valence electrons. The minimum atomic E-state index is -0.236. The van der Waals surface area contributed by atoms with E-state index in [0.717, 1.165) is 78.8 Å². The lowest BCUT2D eigenvalue weighted by atomic mass is 9.79. The summed E-state index contributed by atoms with van der Waals surface area (Å²) in [7, 11) is 0. The zero-order chi connectivity index (χ0) is 44.0. The SMILES string of the molecule is CC(C(=O)C(C)c1ccc(-c2ccc(-c3ccnc(NC4CC(C)(C)NC(C)(C)C4)n3)s2)cc1)c1ccc(-c2ccc(-c3ccnc(NC4CC(C)(C)NC(C)(C)C4)n3)s2)cc1. The normalized spacial score (nSPS) is 19.4. The van der Waals surface area contributed by atoms with E-state index in [4.69, 9.17) is 9.97 Å². The number of carbonyl (C=O) groups excluding carboxylic acids is 1. The van der Waals surface area contributed by atoms with Crippen LogP contribution in [0.2, 0.25) is 0 Å². The Hall–Kier alpha value is -4.81. The van der Waals surface area contributed by atoms with E-state index in [-0.39, 0.29) is 51.9 Å². The third kappa shape index (κ3) is 10.3. The van der Waals surface area contributed by atoms with E-state index in [1.165, 1.54) is 0 Å². The van der Waals surface area contributed by atoms with Gasteiger partial charge in [0.2, 0.25) is 11.9 Å². The van der Waals surface area contributed by atoms with E-state index in [2.05, 4.69) is 159 Å². The number of benzene rings is 2. The first-order chi connectivity index (χ1) is 29.3.